The van der Waals surface area contributed by atoms with Crippen molar-refractivity contribution in [3.8, 4) is 11.5 Å². The van der Waals surface area contributed by atoms with Crippen LogP contribution in [0.2, 0.25) is 0 Å². The van der Waals surface area contributed by atoms with Crippen molar-refractivity contribution in [2.24, 2.45) is 0 Å². The molecule has 0 saturated heterocycles. The molecular formula is C14H12BrNO4. The van der Waals surface area contributed by atoms with Crippen molar-refractivity contribution >= 4 is 21.9 Å². The van der Waals surface area contributed by atoms with Gasteiger partial charge in [0.1, 0.15) is 6.61 Å². The zero-order chi connectivity index (χ0) is 14.5. The van der Waals surface area contributed by atoms with Gasteiger partial charge in [-0.05, 0) is 40.2 Å². The number of para-hydroxylation sites is 1. The molecule has 0 amide bonds. The number of methoxy groups -OCH3 is 1. The second-order valence-corrected chi connectivity index (χ2v) is 4.76. The zero-order valence-electron chi connectivity index (χ0n) is 10.7. The number of carboxylic acid groups (broad SMARTS) is 1. The van der Waals surface area contributed by atoms with E-state index in [4.69, 9.17) is 14.6 Å². The van der Waals surface area contributed by atoms with Gasteiger partial charge in [-0.2, -0.15) is 0 Å². The molecule has 1 aromatic heterocycles. The van der Waals surface area contributed by atoms with E-state index >= 15 is 0 Å². The quantitative estimate of drug-likeness (QED) is 0.907. The van der Waals surface area contributed by atoms with Gasteiger partial charge in [0, 0.05) is 6.20 Å². The van der Waals surface area contributed by atoms with Crippen molar-refractivity contribution < 1.29 is 19.4 Å². The van der Waals surface area contributed by atoms with E-state index in [0.717, 1.165) is 4.47 Å². The number of aromatic nitrogens is 1. The van der Waals surface area contributed by atoms with Gasteiger partial charge in [-0.25, -0.2) is 4.79 Å². The maximum atomic E-state index is 10.7. The first-order valence-corrected chi connectivity index (χ1v) is 6.54. The van der Waals surface area contributed by atoms with E-state index in [1.165, 1.54) is 12.3 Å². The summed E-state index contributed by atoms with van der Waals surface area (Å²) in [4.78, 5) is 14.8. The van der Waals surface area contributed by atoms with E-state index in [-0.39, 0.29) is 12.2 Å². The number of halogens is 1. The van der Waals surface area contributed by atoms with Crippen molar-refractivity contribution in [3.05, 3.63) is 52.3 Å². The van der Waals surface area contributed by atoms with E-state index in [9.17, 15) is 4.79 Å². The smallest absolute Gasteiger partial charge is 0.337 e. The Balaban J connectivity index is 2.11. The van der Waals surface area contributed by atoms with Crippen molar-refractivity contribution in [1.29, 1.82) is 0 Å². The molecule has 0 aliphatic heterocycles. The lowest BCUT2D eigenvalue weighted by atomic mass is 10.2. The number of hydrogen-bond acceptors (Lipinski definition) is 4. The van der Waals surface area contributed by atoms with Gasteiger partial charge in [-0.3, -0.25) is 4.98 Å². The molecule has 1 aromatic carbocycles. The van der Waals surface area contributed by atoms with Crippen LogP contribution in [-0.4, -0.2) is 23.2 Å². The molecule has 1 heterocycles. The van der Waals surface area contributed by atoms with E-state index in [1.54, 1.807) is 19.2 Å². The topological polar surface area (TPSA) is 68.7 Å². The number of pyridine rings is 1. The molecule has 0 fully saturated rings. The van der Waals surface area contributed by atoms with Crippen LogP contribution in [-0.2, 0) is 6.61 Å². The summed E-state index contributed by atoms with van der Waals surface area (Å²) in [6, 6.07) is 8.59. The number of benzene rings is 1. The molecule has 0 aliphatic rings. The van der Waals surface area contributed by atoms with Crippen LogP contribution in [0, 0.1) is 0 Å². The molecule has 0 unspecified atom stereocenters. The highest BCUT2D eigenvalue weighted by Gasteiger charge is 2.09. The Labute approximate surface area is 124 Å². The Morgan fingerprint density at radius 2 is 2.15 bits per heavy atom. The summed E-state index contributed by atoms with van der Waals surface area (Å²) in [5, 5.41) is 8.79. The number of rotatable bonds is 5. The maximum absolute atomic E-state index is 10.7. The maximum Gasteiger partial charge on any atom is 0.337 e. The first-order chi connectivity index (χ1) is 9.61. The molecule has 0 saturated carbocycles. The molecule has 0 atom stereocenters. The molecule has 2 rings (SSSR count). The minimum absolute atomic E-state index is 0.146. The molecule has 20 heavy (non-hydrogen) atoms. The van der Waals surface area contributed by atoms with Gasteiger partial charge in [0.15, 0.2) is 11.5 Å². The molecular weight excluding hydrogens is 326 g/mol. The van der Waals surface area contributed by atoms with E-state index < -0.39 is 5.97 Å². The van der Waals surface area contributed by atoms with Crippen LogP contribution in [0.1, 0.15) is 16.1 Å². The number of carboxylic acids is 1. The van der Waals surface area contributed by atoms with Crippen molar-refractivity contribution in [2.45, 2.75) is 6.61 Å². The van der Waals surface area contributed by atoms with Crippen LogP contribution in [0.5, 0.6) is 11.5 Å². The van der Waals surface area contributed by atoms with Crippen LogP contribution in [0.25, 0.3) is 0 Å². The van der Waals surface area contributed by atoms with Gasteiger partial charge in [0.2, 0.25) is 0 Å². The number of carbonyl (C=O) groups is 1. The number of nitrogens with zero attached hydrogens (tertiary/aromatic N) is 1. The standard InChI is InChI=1S/C14H12BrNO4/c1-19-12-4-2-3-11(15)13(12)20-8-10-6-5-9(7-16-10)14(17)18/h2-7H,8H2,1H3,(H,17,18). The summed E-state index contributed by atoms with van der Waals surface area (Å²) in [7, 11) is 1.56. The van der Waals surface area contributed by atoms with Gasteiger partial charge in [-0.15, -0.1) is 0 Å². The van der Waals surface area contributed by atoms with Crippen LogP contribution >= 0.6 is 15.9 Å². The summed E-state index contributed by atoms with van der Waals surface area (Å²) in [5.74, 6) is 0.193. The lowest BCUT2D eigenvalue weighted by Crippen LogP contribution is -2.02. The molecule has 0 spiro atoms. The molecule has 1 N–H and O–H groups in total. The van der Waals surface area contributed by atoms with E-state index in [2.05, 4.69) is 20.9 Å². The van der Waals surface area contributed by atoms with Gasteiger partial charge in [-0.1, -0.05) is 6.07 Å². The third kappa shape index (κ3) is 3.27. The molecule has 6 heteroatoms. The highest BCUT2D eigenvalue weighted by molar-refractivity contribution is 9.10. The summed E-state index contributed by atoms with van der Waals surface area (Å²) in [6.07, 6.45) is 1.30. The Morgan fingerprint density at radius 1 is 1.35 bits per heavy atom. The highest BCUT2D eigenvalue weighted by atomic mass is 79.9. The Bertz CT molecular complexity index is 613. The fourth-order valence-electron chi connectivity index (χ4n) is 1.57. The second kappa shape index (κ2) is 6.38. The summed E-state index contributed by atoms with van der Waals surface area (Å²) < 4.78 is 11.7. The lowest BCUT2D eigenvalue weighted by Gasteiger charge is -2.11. The first-order valence-electron chi connectivity index (χ1n) is 5.75. The van der Waals surface area contributed by atoms with Crippen LogP contribution < -0.4 is 9.47 Å². The highest BCUT2D eigenvalue weighted by Crippen LogP contribution is 2.35. The molecule has 104 valence electrons. The Hall–Kier alpha value is -2.08. The zero-order valence-corrected chi connectivity index (χ0v) is 12.3. The molecule has 2 aromatic rings. The third-order valence-corrected chi connectivity index (χ3v) is 3.21. The Kier molecular flexibility index (Phi) is 4.57. The SMILES string of the molecule is COc1cccc(Br)c1OCc1ccc(C(=O)O)cn1. The molecule has 0 aliphatic carbocycles. The summed E-state index contributed by atoms with van der Waals surface area (Å²) in [6.45, 7) is 0.221. The molecule has 0 radical (unpaired) electrons. The normalized spacial score (nSPS) is 10.1. The summed E-state index contributed by atoms with van der Waals surface area (Å²) in [5.41, 5.74) is 0.778. The minimum Gasteiger partial charge on any atom is -0.493 e. The number of ether oxygens (including phenoxy) is 2. The lowest BCUT2D eigenvalue weighted by molar-refractivity contribution is 0.0696. The van der Waals surface area contributed by atoms with Gasteiger partial charge < -0.3 is 14.6 Å². The molecule has 0 bridgehead atoms. The van der Waals surface area contributed by atoms with Gasteiger partial charge in [0.05, 0.1) is 22.8 Å². The molecule has 5 nitrogen and oxygen atoms in total. The minimum atomic E-state index is -1.00. The van der Waals surface area contributed by atoms with E-state index in [0.29, 0.717) is 17.2 Å². The van der Waals surface area contributed by atoms with E-state index in [1.807, 2.05) is 12.1 Å². The fraction of sp³-hybridized carbons (Fsp3) is 0.143. The van der Waals surface area contributed by atoms with Gasteiger partial charge >= 0.3 is 5.97 Å². The van der Waals surface area contributed by atoms with Crippen molar-refractivity contribution in [1.82, 2.24) is 4.98 Å². The average Bonchev–Trinajstić information content (AvgIpc) is 2.46. The van der Waals surface area contributed by atoms with Crippen LogP contribution in [0.3, 0.4) is 0 Å². The predicted molar refractivity (Wildman–Crippen MR) is 76.2 cm³/mol. The van der Waals surface area contributed by atoms with Crippen LogP contribution in [0.4, 0.5) is 0 Å². The number of aromatic carboxylic acids is 1. The third-order valence-electron chi connectivity index (χ3n) is 2.59. The predicted octanol–water partition coefficient (Wildman–Crippen LogP) is 3.13. The first kappa shape index (κ1) is 14.3. The van der Waals surface area contributed by atoms with Crippen molar-refractivity contribution in [3.63, 3.8) is 0 Å². The largest absolute Gasteiger partial charge is 0.493 e. The average molecular weight is 338 g/mol. The monoisotopic (exact) mass is 337 g/mol. The fourth-order valence-corrected chi connectivity index (χ4v) is 2.03. The van der Waals surface area contributed by atoms with Crippen molar-refractivity contribution in [2.75, 3.05) is 7.11 Å². The van der Waals surface area contributed by atoms with Crippen LogP contribution in [0.15, 0.2) is 41.0 Å². The van der Waals surface area contributed by atoms with Gasteiger partial charge in [0.25, 0.3) is 0 Å². The second-order valence-electron chi connectivity index (χ2n) is 3.90. The Morgan fingerprint density at radius 3 is 2.75 bits per heavy atom. The number of hydrogen-bond donors (Lipinski definition) is 1. The summed E-state index contributed by atoms with van der Waals surface area (Å²) >= 11 is 3.39.